The van der Waals surface area contributed by atoms with Crippen LogP contribution in [0.4, 0.5) is 13.2 Å². The molecule has 3 aromatic rings. The summed E-state index contributed by atoms with van der Waals surface area (Å²) in [6, 6.07) is 9.39. The minimum absolute atomic E-state index is 0.0869. The molecule has 0 amide bonds. The number of aromatic nitrogens is 1. The largest absolute Gasteiger partial charge is 0.586 e. The highest BCUT2D eigenvalue weighted by atomic mass is 19.3. The summed E-state index contributed by atoms with van der Waals surface area (Å²) in [5.41, 5.74) is 1.17. The predicted octanol–water partition coefficient (Wildman–Crippen LogP) is 5.38. The van der Waals surface area contributed by atoms with Crippen LogP contribution in [0.2, 0.25) is 0 Å². The number of halogens is 3. The minimum Gasteiger partial charge on any atom is -0.395 e. The second-order valence-electron chi connectivity index (χ2n) is 11.1. The number of hydrogen-bond acceptors (Lipinski definition) is 5. The van der Waals surface area contributed by atoms with Crippen LogP contribution in [0.3, 0.4) is 0 Å². The van der Waals surface area contributed by atoms with E-state index in [1.165, 1.54) is 18.2 Å². The molecule has 1 atom stereocenters. The van der Waals surface area contributed by atoms with Gasteiger partial charge in [0.15, 0.2) is 11.5 Å². The molecule has 2 N–H and O–H groups in total. The number of aliphatic hydroxyl groups excluding tert-OH is 2. The number of fused-ring (bicyclic) bond motifs is 2. The van der Waals surface area contributed by atoms with E-state index >= 15 is 4.39 Å². The molecule has 1 fully saturated rings. The highest BCUT2D eigenvalue weighted by Crippen LogP contribution is 2.52. The van der Waals surface area contributed by atoms with Gasteiger partial charge in [-0.25, -0.2) is 4.39 Å². The number of benzene rings is 2. The Morgan fingerprint density at radius 3 is 2.50 bits per heavy atom. The van der Waals surface area contributed by atoms with Gasteiger partial charge in [-0.15, -0.1) is 8.78 Å². The first-order valence-corrected chi connectivity index (χ1v) is 12.9. The third-order valence-corrected chi connectivity index (χ3v) is 7.83. The van der Waals surface area contributed by atoms with E-state index in [0.29, 0.717) is 23.9 Å². The van der Waals surface area contributed by atoms with Gasteiger partial charge in [0.05, 0.1) is 30.2 Å². The number of carbonyl (C=O) groups excluding carboxylic acids is 1. The van der Waals surface area contributed by atoms with Gasteiger partial charge in [-0.2, -0.15) is 0 Å². The molecule has 1 aromatic heterocycles. The van der Waals surface area contributed by atoms with Crippen molar-refractivity contribution in [2.75, 3.05) is 6.61 Å². The maximum absolute atomic E-state index is 15.4. The van der Waals surface area contributed by atoms with Crippen LogP contribution in [-0.2, 0) is 28.6 Å². The van der Waals surface area contributed by atoms with Crippen LogP contribution < -0.4 is 9.47 Å². The fourth-order valence-corrected chi connectivity index (χ4v) is 5.69. The van der Waals surface area contributed by atoms with Gasteiger partial charge in [-0.05, 0) is 60.7 Å². The Balaban J connectivity index is 1.46. The number of alkyl halides is 2. The van der Waals surface area contributed by atoms with Crippen molar-refractivity contribution in [3.8, 4) is 11.5 Å². The van der Waals surface area contributed by atoms with E-state index in [9.17, 15) is 23.8 Å². The molecular formula is C29H32F3NO5. The summed E-state index contributed by atoms with van der Waals surface area (Å²) in [4.78, 5) is 13.5. The molecule has 5 rings (SSSR count). The fraction of sp³-hybridized carbons (Fsp3) is 0.483. The van der Waals surface area contributed by atoms with Gasteiger partial charge in [0.25, 0.3) is 0 Å². The molecule has 1 saturated carbocycles. The smallest absolute Gasteiger partial charge is 0.395 e. The molecule has 204 valence electrons. The Labute approximate surface area is 219 Å². The van der Waals surface area contributed by atoms with Crippen molar-refractivity contribution in [1.82, 2.24) is 4.57 Å². The summed E-state index contributed by atoms with van der Waals surface area (Å²) >= 11 is 0. The average Bonchev–Trinajstić information content (AvgIpc) is 3.50. The van der Waals surface area contributed by atoms with Gasteiger partial charge in [0.2, 0.25) is 0 Å². The summed E-state index contributed by atoms with van der Waals surface area (Å²) in [7, 11) is 0. The lowest BCUT2D eigenvalue weighted by atomic mass is 9.84. The standard InChI is InChI=1S/C29H32F3NO5/c1-4-7-27(2,3)25-11-18-10-17(21(30)14-22(18)33(25)15-20(35)16-34)12-26(36)28(8-9-28)19-5-6-23-24(13-19)38-29(31,32)37-23/h5-6,10-11,13-14,20,34-35H,4,7-9,12,15-16H2,1-3H3/t20-/m1/s1. The Morgan fingerprint density at radius 1 is 1.13 bits per heavy atom. The molecule has 9 heteroatoms. The predicted molar refractivity (Wildman–Crippen MR) is 135 cm³/mol. The molecule has 6 nitrogen and oxygen atoms in total. The molecule has 2 aromatic carbocycles. The zero-order chi connectivity index (χ0) is 27.5. The average molecular weight is 532 g/mol. The number of rotatable bonds is 10. The van der Waals surface area contributed by atoms with Crippen LogP contribution in [0.1, 0.15) is 63.3 Å². The summed E-state index contributed by atoms with van der Waals surface area (Å²) < 4.78 is 53.2. The lowest BCUT2D eigenvalue weighted by Crippen LogP contribution is -2.26. The van der Waals surface area contributed by atoms with E-state index in [1.807, 2.05) is 10.6 Å². The summed E-state index contributed by atoms with van der Waals surface area (Å²) in [6.45, 7) is 5.96. The number of nitrogens with zero attached hydrogens (tertiary/aromatic N) is 1. The molecule has 2 heterocycles. The van der Waals surface area contributed by atoms with E-state index in [-0.39, 0.29) is 41.2 Å². The Hall–Kier alpha value is -3.04. The van der Waals surface area contributed by atoms with E-state index in [4.69, 9.17) is 0 Å². The van der Waals surface area contributed by atoms with Crippen molar-refractivity contribution in [3.63, 3.8) is 0 Å². The van der Waals surface area contributed by atoms with E-state index in [0.717, 1.165) is 23.9 Å². The summed E-state index contributed by atoms with van der Waals surface area (Å²) in [5.74, 6) is -0.934. The van der Waals surface area contributed by atoms with Crippen molar-refractivity contribution < 1.29 is 37.7 Å². The second-order valence-corrected chi connectivity index (χ2v) is 11.1. The number of aliphatic hydroxyl groups is 2. The maximum atomic E-state index is 15.4. The zero-order valence-electron chi connectivity index (χ0n) is 21.7. The van der Waals surface area contributed by atoms with E-state index in [1.54, 1.807) is 12.1 Å². The number of ether oxygens (including phenoxy) is 2. The third kappa shape index (κ3) is 4.66. The summed E-state index contributed by atoms with van der Waals surface area (Å²) in [6.07, 6.45) is -2.00. The molecular weight excluding hydrogens is 499 g/mol. The van der Waals surface area contributed by atoms with Crippen molar-refractivity contribution in [2.24, 2.45) is 0 Å². The van der Waals surface area contributed by atoms with Gasteiger partial charge >= 0.3 is 6.29 Å². The lowest BCUT2D eigenvalue weighted by Gasteiger charge is -2.27. The Bertz CT molecular complexity index is 1390. The zero-order valence-corrected chi connectivity index (χ0v) is 21.7. The van der Waals surface area contributed by atoms with Crippen LogP contribution in [0.25, 0.3) is 10.9 Å². The summed E-state index contributed by atoms with van der Waals surface area (Å²) in [5, 5.41) is 20.3. The molecule has 0 bridgehead atoms. The second kappa shape index (κ2) is 9.31. The number of hydrogen-bond donors (Lipinski definition) is 2. The first kappa shape index (κ1) is 26.6. The highest BCUT2D eigenvalue weighted by molar-refractivity contribution is 5.95. The normalized spacial score (nSPS) is 18.1. The van der Waals surface area contributed by atoms with E-state index in [2.05, 4.69) is 30.2 Å². The molecule has 1 aliphatic carbocycles. The van der Waals surface area contributed by atoms with Gasteiger partial charge in [-0.3, -0.25) is 4.79 Å². The van der Waals surface area contributed by atoms with Gasteiger partial charge in [-0.1, -0.05) is 33.3 Å². The first-order valence-electron chi connectivity index (χ1n) is 12.9. The van der Waals surface area contributed by atoms with Crippen molar-refractivity contribution in [3.05, 3.63) is 59.0 Å². The first-order chi connectivity index (χ1) is 17.9. The number of carbonyl (C=O) groups is 1. The molecule has 0 unspecified atom stereocenters. The minimum atomic E-state index is -3.74. The van der Waals surface area contributed by atoms with Crippen LogP contribution in [-0.4, -0.2) is 39.6 Å². The maximum Gasteiger partial charge on any atom is 0.586 e. The van der Waals surface area contributed by atoms with Crippen LogP contribution in [0.5, 0.6) is 11.5 Å². The fourth-order valence-electron chi connectivity index (χ4n) is 5.69. The van der Waals surface area contributed by atoms with Crippen LogP contribution >= 0.6 is 0 Å². The highest BCUT2D eigenvalue weighted by Gasteiger charge is 2.52. The Kier molecular flexibility index (Phi) is 6.51. The van der Waals surface area contributed by atoms with Gasteiger partial charge in [0, 0.05) is 22.9 Å². The molecule has 0 saturated heterocycles. The van der Waals surface area contributed by atoms with Crippen molar-refractivity contribution >= 4 is 16.7 Å². The van der Waals surface area contributed by atoms with Gasteiger partial charge < -0.3 is 24.3 Å². The van der Waals surface area contributed by atoms with Gasteiger partial charge in [0.1, 0.15) is 11.6 Å². The molecule has 0 spiro atoms. The molecule has 38 heavy (non-hydrogen) atoms. The number of Topliss-reactive ketones (excluding diaryl/α,β-unsaturated/α-hetero) is 1. The number of ketones is 1. The van der Waals surface area contributed by atoms with Crippen molar-refractivity contribution in [2.45, 2.75) is 82.6 Å². The third-order valence-electron chi connectivity index (χ3n) is 7.83. The quantitative estimate of drug-likeness (QED) is 0.367. The Morgan fingerprint density at radius 2 is 1.84 bits per heavy atom. The molecule has 0 radical (unpaired) electrons. The van der Waals surface area contributed by atoms with Crippen molar-refractivity contribution in [1.29, 1.82) is 0 Å². The monoisotopic (exact) mass is 531 g/mol. The van der Waals surface area contributed by atoms with Crippen LogP contribution in [0, 0.1) is 5.82 Å². The van der Waals surface area contributed by atoms with E-state index < -0.39 is 30.2 Å². The SMILES string of the molecule is CCCC(C)(C)c1cc2cc(CC(=O)C3(c4ccc5c(c4)OC(F)(F)O5)CC3)c(F)cc2n1C[C@@H](O)CO. The topological polar surface area (TPSA) is 80.9 Å². The lowest BCUT2D eigenvalue weighted by molar-refractivity contribution is -0.286. The van der Waals surface area contributed by atoms with Crippen LogP contribution in [0.15, 0.2) is 36.4 Å². The molecule has 2 aliphatic rings. The molecule has 1 aliphatic heterocycles.